The van der Waals surface area contributed by atoms with Crippen LogP contribution in [0.2, 0.25) is 0 Å². The van der Waals surface area contributed by atoms with Crippen molar-refractivity contribution < 1.29 is 61.4 Å². The lowest BCUT2D eigenvalue weighted by atomic mass is 10.1. The quantitative estimate of drug-likeness (QED) is 0.210. The lowest BCUT2D eigenvalue weighted by molar-refractivity contribution is -0.0512. The van der Waals surface area contributed by atoms with Gasteiger partial charge in [-0.2, -0.15) is 8.62 Å². The number of fused-ring (bicyclic) bond motifs is 3. The Morgan fingerprint density at radius 3 is 2.52 bits per heavy atom. The average Bonchev–Trinajstić information content (AvgIpc) is 3.35. The summed E-state index contributed by atoms with van der Waals surface area (Å²) >= 11 is 0. The van der Waals surface area contributed by atoms with E-state index in [1.54, 1.807) is 4.90 Å². The molecule has 6 N–H and O–H groups in total. The molecule has 4 heterocycles. The number of aliphatic hydroxyl groups is 2. The van der Waals surface area contributed by atoms with Gasteiger partial charge in [0.05, 0.1) is 25.8 Å². The van der Waals surface area contributed by atoms with E-state index in [-0.39, 0.29) is 5.82 Å². The maximum Gasteiger partial charge on any atom is 0.490 e. The van der Waals surface area contributed by atoms with Crippen LogP contribution in [0.1, 0.15) is 11.9 Å². The van der Waals surface area contributed by atoms with Gasteiger partial charge in [0.1, 0.15) is 18.3 Å². The van der Waals surface area contributed by atoms with E-state index >= 15 is 0 Å². The van der Waals surface area contributed by atoms with E-state index < -0.39 is 54.6 Å². The molecule has 18 nitrogen and oxygen atoms in total. The molecule has 0 saturated carbocycles. The molecule has 0 bridgehead atoms. The molecule has 1 aromatic rings. The van der Waals surface area contributed by atoms with Gasteiger partial charge in [-0.05, 0) is 0 Å². The van der Waals surface area contributed by atoms with Crippen LogP contribution < -0.4 is 0 Å². The van der Waals surface area contributed by atoms with Crippen LogP contribution in [0.4, 0.5) is 5.82 Å². The molecule has 0 aliphatic carbocycles. The average molecular weight is 533 g/mol. The molecule has 184 valence electrons. The summed E-state index contributed by atoms with van der Waals surface area (Å²) in [7, 11) is -16.7. The predicted molar refractivity (Wildman–Crippen MR) is 104 cm³/mol. The van der Waals surface area contributed by atoms with E-state index in [2.05, 4.69) is 28.1 Å². The second-order valence-electron chi connectivity index (χ2n) is 6.90. The molecule has 0 radical (unpaired) electrons. The van der Waals surface area contributed by atoms with E-state index in [0.717, 1.165) is 0 Å². The van der Waals surface area contributed by atoms with Crippen LogP contribution in [-0.4, -0.2) is 94.4 Å². The van der Waals surface area contributed by atoms with E-state index in [4.69, 9.17) is 19.4 Å². The number of rotatable bonds is 8. The van der Waals surface area contributed by atoms with Crippen molar-refractivity contribution in [3.8, 4) is 0 Å². The molecular formula is C12H18N5O13P3. The van der Waals surface area contributed by atoms with Crippen molar-refractivity contribution >= 4 is 41.5 Å². The molecule has 1 fully saturated rings. The van der Waals surface area contributed by atoms with Gasteiger partial charge >= 0.3 is 23.5 Å². The van der Waals surface area contributed by atoms with Crippen LogP contribution in [0.3, 0.4) is 0 Å². The number of aromatic nitrogens is 2. The topological polar surface area (TPSA) is 255 Å². The number of aliphatic imine (C=N–C) groups is 2. The van der Waals surface area contributed by atoms with E-state index in [1.807, 2.05) is 0 Å². The van der Waals surface area contributed by atoms with Crippen molar-refractivity contribution in [3.05, 3.63) is 12.0 Å². The Bertz CT molecular complexity index is 1130. The summed E-state index contributed by atoms with van der Waals surface area (Å²) < 4.78 is 52.4. The number of imidazole rings is 1. The number of nitrogens with zero attached hydrogens (tertiary/aromatic N) is 5. The van der Waals surface area contributed by atoms with E-state index in [0.29, 0.717) is 24.6 Å². The summed E-state index contributed by atoms with van der Waals surface area (Å²) in [5, 5.41) is 20.7. The standard InChI is InChI=1S/C12H18N5O13P3/c18-8-6(3-27-32(23,24)30-33(25,26)29-31(20,21)22)28-12(9(8)19)17-5-14-7-10-13-1-2-16(10)4-15-11(7)17/h4-6,8-9,12,18-19H,1-3H2,(H,23,24)(H,25,26)(H2,20,21,22)/t6-,8-,9-,12-/m1/s1. The first-order valence-electron chi connectivity index (χ1n) is 8.99. The summed E-state index contributed by atoms with van der Waals surface area (Å²) in [5.41, 5.74) is 0.428. The first-order chi connectivity index (χ1) is 15.3. The smallest absolute Gasteiger partial charge is 0.387 e. The first kappa shape index (κ1) is 24.8. The third kappa shape index (κ3) is 5.33. The molecule has 1 aromatic heterocycles. The number of phosphoric acid groups is 3. The molecule has 33 heavy (non-hydrogen) atoms. The number of hydrogen-bond acceptors (Lipinski definition) is 13. The highest BCUT2D eigenvalue weighted by atomic mass is 31.3. The first-order valence-corrected chi connectivity index (χ1v) is 13.5. The Hall–Kier alpha value is -1.36. The molecule has 0 amide bonds. The zero-order chi connectivity index (χ0) is 24.2. The maximum absolute atomic E-state index is 11.9. The number of phosphoric ester groups is 1. The second-order valence-corrected chi connectivity index (χ2v) is 11.3. The van der Waals surface area contributed by atoms with Crippen LogP contribution in [0.25, 0.3) is 0 Å². The highest BCUT2D eigenvalue weighted by Crippen LogP contribution is 2.66. The molecule has 6 atom stereocenters. The Kier molecular flexibility index (Phi) is 6.52. The molecule has 4 rings (SSSR count). The zero-order valence-electron chi connectivity index (χ0n) is 16.2. The Morgan fingerprint density at radius 1 is 1.09 bits per heavy atom. The molecule has 3 aliphatic rings. The van der Waals surface area contributed by atoms with Crippen molar-refractivity contribution in [2.24, 2.45) is 9.98 Å². The largest absolute Gasteiger partial charge is 0.490 e. The minimum absolute atomic E-state index is 0.289. The van der Waals surface area contributed by atoms with Gasteiger partial charge in [-0.3, -0.25) is 14.1 Å². The highest BCUT2D eigenvalue weighted by molar-refractivity contribution is 7.66. The second kappa shape index (κ2) is 8.70. The molecule has 21 heteroatoms. The van der Waals surface area contributed by atoms with Crippen molar-refractivity contribution in [2.75, 3.05) is 19.7 Å². The monoisotopic (exact) mass is 533 g/mol. The van der Waals surface area contributed by atoms with Crippen LogP contribution in [0.5, 0.6) is 0 Å². The van der Waals surface area contributed by atoms with Crippen LogP contribution >= 0.6 is 23.5 Å². The Labute approximate surface area is 184 Å². The fourth-order valence-corrected chi connectivity index (χ4v) is 6.33. The fraction of sp³-hybridized carbons (Fsp3) is 0.583. The van der Waals surface area contributed by atoms with Gasteiger partial charge in [0.25, 0.3) is 0 Å². The normalized spacial score (nSPS) is 30.5. The van der Waals surface area contributed by atoms with Crippen molar-refractivity contribution in [3.63, 3.8) is 0 Å². The maximum atomic E-state index is 11.9. The van der Waals surface area contributed by atoms with Crippen LogP contribution in [0, 0.1) is 0 Å². The summed E-state index contributed by atoms with van der Waals surface area (Å²) in [6, 6.07) is 0. The van der Waals surface area contributed by atoms with E-state index in [1.165, 1.54) is 17.2 Å². The lowest BCUT2D eigenvalue weighted by Gasteiger charge is -2.21. The van der Waals surface area contributed by atoms with Gasteiger partial charge in [-0.15, -0.1) is 0 Å². The molecule has 0 aromatic carbocycles. The van der Waals surface area contributed by atoms with Crippen LogP contribution in [-0.2, 0) is 31.6 Å². The third-order valence-corrected chi connectivity index (χ3v) is 8.41. The highest BCUT2D eigenvalue weighted by Gasteiger charge is 2.47. The van der Waals surface area contributed by atoms with Gasteiger partial charge in [0.15, 0.2) is 23.6 Å². The van der Waals surface area contributed by atoms with Crippen LogP contribution in [0.15, 0.2) is 16.3 Å². The number of amidine groups is 1. The van der Waals surface area contributed by atoms with Gasteiger partial charge in [-0.1, -0.05) is 0 Å². The zero-order valence-corrected chi connectivity index (χ0v) is 18.9. The van der Waals surface area contributed by atoms with Gasteiger partial charge in [-0.25, -0.2) is 23.7 Å². The minimum atomic E-state index is -5.70. The molecule has 0 spiro atoms. The molecule has 2 unspecified atom stereocenters. The summed E-state index contributed by atoms with van der Waals surface area (Å²) in [6.45, 7) is 0.256. The minimum Gasteiger partial charge on any atom is -0.387 e. The number of ether oxygens (including phenoxy) is 1. The van der Waals surface area contributed by atoms with Crippen molar-refractivity contribution in [1.29, 1.82) is 0 Å². The molecule has 1 saturated heterocycles. The summed E-state index contributed by atoms with van der Waals surface area (Å²) in [5.74, 6) is 0.868. The SMILES string of the molecule is O=P(O)(O)OP(=O)(O)OP(=O)(O)OC[C@H]1O[C@@H](n2cnc3c2N=CN2CCN=C32)[C@H](O)[C@@H]1O. The third-order valence-electron chi connectivity index (χ3n) is 4.60. The predicted octanol–water partition coefficient (Wildman–Crippen LogP) is -1.42. The van der Waals surface area contributed by atoms with Gasteiger partial charge in [0, 0.05) is 6.54 Å². The summed E-state index contributed by atoms with van der Waals surface area (Å²) in [6.07, 6.45) is -3.05. The number of aliphatic hydroxyl groups excluding tert-OH is 2. The van der Waals surface area contributed by atoms with Crippen molar-refractivity contribution in [2.45, 2.75) is 24.5 Å². The fourth-order valence-electron chi connectivity index (χ4n) is 3.30. The van der Waals surface area contributed by atoms with E-state index in [9.17, 15) is 28.8 Å². The van der Waals surface area contributed by atoms with Crippen molar-refractivity contribution in [1.82, 2.24) is 14.5 Å². The van der Waals surface area contributed by atoms with Gasteiger partial charge in [0.2, 0.25) is 0 Å². The molecule has 3 aliphatic heterocycles. The Balaban J connectivity index is 1.43. The number of hydrogen-bond donors (Lipinski definition) is 6. The summed E-state index contributed by atoms with van der Waals surface area (Å²) in [4.78, 5) is 50.3. The molecular weight excluding hydrogens is 515 g/mol. The van der Waals surface area contributed by atoms with Gasteiger partial charge < -0.3 is 39.4 Å². The Morgan fingerprint density at radius 2 is 1.82 bits per heavy atom. The lowest BCUT2D eigenvalue weighted by Crippen LogP contribution is -2.33.